The van der Waals surface area contributed by atoms with E-state index < -0.39 is 0 Å². The highest BCUT2D eigenvalue weighted by atomic mass is 14.8. The van der Waals surface area contributed by atoms with Crippen molar-refractivity contribution in [3.05, 3.63) is 12.7 Å². The zero-order chi connectivity index (χ0) is 10.6. The molecule has 0 saturated heterocycles. The van der Waals surface area contributed by atoms with E-state index >= 15 is 0 Å². The quantitative estimate of drug-likeness (QED) is 0.438. The average molecular weight is 187 g/mol. The van der Waals surface area contributed by atoms with Crippen molar-refractivity contribution in [2.45, 2.75) is 61.4 Å². The molecule has 0 aliphatic heterocycles. The average Bonchev–Trinajstić information content (AvgIpc) is 2.12. The Labute approximate surface area is 86.0 Å². The summed E-state index contributed by atoms with van der Waals surface area (Å²) in [5.74, 6) is 0. The molecule has 0 N–H and O–H groups in total. The third-order valence-corrected chi connectivity index (χ3v) is 0.961. The van der Waals surface area contributed by atoms with Crippen molar-refractivity contribution in [1.29, 1.82) is 0 Å². The van der Waals surface area contributed by atoms with Crippen molar-refractivity contribution < 1.29 is 0 Å². The van der Waals surface area contributed by atoms with E-state index in [1.165, 1.54) is 0 Å². The van der Waals surface area contributed by atoms with Gasteiger partial charge in [-0.2, -0.15) is 0 Å². The van der Waals surface area contributed by atoms with Gasteiger partial charge in [0.25, 0.3) is 0 Å². The third-order valence-electron chi connectivity index (χ3n) is 0.961. The smallest absolute Gasteiger partial charge is 0.0724 e. The molecule has 82 valence electrons. The molecule has 0 radical (unpaired) electrons. The molecule has 0 saturated carbocycles. The minimum Gasteiger partial charge on any atom is -0.288 e. The summed E-state index contributed by atoms with van der Waals surface area (Å²) in [5.41, 5.74) is -0.0747. The van der Waals surface area contributed by atoms with Crippen molar-refractivity contribution in [3.8, 4) is 0 Å². The lowest BCUT2D eigenvalue weighted by Crippen LogP contribution is -2.10. The van der Waals surface area contributed by atoms with Crippen LogP contribution >= 0.6 is 0 Å². The van der Waals surface area contributed by atoms with Crippen molar-refractivity contribution in [3.63, 3.8) is 0 Å². The van der Waals surface area contributed by atoms with Gasteiger partial charge in [0.2, 0.25) is 0 Å². The van der Waals surface area contributed by atoms with Crippen LogP contribution in [-0.2, 0) is 0 Å². The van der Waals surface area contributed by atoms with Gasteiger partial charge in [-0.3, -0.25) is 4.99 Å². The number of rotatable bonds is 2. The van der Waals surface area contributed by atoms with Crippen LogP contribution in [0.1, 0.15) is 55.9 Å². The van der Waals surface area contributed by atoms with Crippen LogP contribution in [0.2, 0.25) is 0 Å². The molecule has 1 heteroatoms. The van der Waals surface area contributed by atoms with E-state index in [1.807, 2.05) is 54.5 Å². The molecular formula is C12H29N. The van der Waals surface area contributed by atoms with Gasteiger partial charge >= 0.3 is 0 Å². The second kappa shape index (κ2) is 17.5. The number of aliphatic imine (C=N–C) groups is 1. The Hall–Kier alpha value is -0.590. The fraction of sp³-hybridized carbons (Fsp3) is 0.750. The zero-order valence-electron chi connectivity index (χ0n) is 9.81. The van der Waals surface area contributed by atoms with Gasteiger partial charge in [-0.1, -0.05) is 41.2 Å². The van der Waals surface area contributed by atoms with Gasteiger partial charge in [0.15, 0.2) is 0 Å². The highest BCUT2D eigenvalue weighted by Crippen LogP contribution is 2.07. The van der Waals surface area contributed by atoms with Crippen molar-refractivity contribution >= 4 is 6.21 Å². The fourth-order valence-corrected chi connectivity index (χ4v) is 0.385. The van der Waals surface area contributed by atoms with Crippen LogP contribution in [0.5, 0.6) is 0 Å². The molecule has 0 spiro atoms. The van der Waals surface area contributed by atoms with Crippen molar-refractivity contribution in [1.82, 2.24) is 0 Å². The Kier molecular flexibility index (Phi) is 30.7. The van der Waals surface area contributed by atoms with E-state index in [0.29, 0.717) is 0 Å². The summed E-state index contributed by atoms with van der Waals surface area (Å²) in [6.07, 6.45) is 3.62. The lowest BCUT2D eigenvalue weighted by molar-refractivity contribution is 0.662. The summed E-state index contributed by atoms with van der Waals surface area (Å²) in [4.78, 5) is 4.13. The van der Waals surface area contributed by atoms with Crippen molar-refractivity contribution in [2.24, 2.45) is 4.99 Å². The summed E-state index contributed by atoms with van der Waals surface area (Å²) in [6, 6.07) is 0. The van der Waals surface area contributed by atoms with Crippen LogP contribution in [0, 0.1) is 0 Å². The van der Waals surface area contributed by atoms with E-state index in [-0.39, 0.29) is 13.0 Å². The fourth-order valence-electron chi connectivity index (χ4n) is 0.385. The molecule has 0 heterocycles. The Morgan fingerprint density at radius 2 is 1.38 bits per heavy atom. The second-order valence-electron chi connectivity index (χ2n) is 2.25. The molecule has 1 nitrogen and oxygen atoms in total. The van der Waals surface area contributed by atoms with E-state index in [9.17, 15) is 0 Å². The molecule has 13 heavy (non-hydrogen) atoms. The van der Waals surface area contributed by atoms with E-state index in [0.717, 1.165) is 0 Å². The third kappa shape index (κ3) is 24.6. The molecule has 0 rings (SSSR count). The minimum atomic E-state index is -0.0747. The maximum Gasteiger partial charge on any atom is 0.0724 e. The van der Waals surface area contributed by atoms with Crippen LogP contribution in [0.15, 0.2) is 17.6 Å². The molecular weight excluding hydrogens is 158 g/mol. The summed E-state index contributed by atoms with van der Waals surface area (Å²) in [6.45, 7) is 17.6. The van der Waals surface area contributed by atoms with Gasteiger partial charge in [-0.15, -0.1) is 6.58 Å². The molecule has 0 unspecified atom stereocenters. The lowest BCUT2D eigenvalue weighted by Gasteiger charge is -2.11. The predicted octanol–water partition coefficient (Wildman–Crippen LogP) is 4.73. The standard InChI is InChI=1S/C7H13N.2C2H6.CH4/c1-5-7(3,4)8-6-2;2*1-2;/h5-6H,1H2,2-4H3;2*1-2H3;1H4. The first kappa shape index (κ1) is 22.8. The molecule has 0 aromatic carbocycles. The SMILES string of the molecule is C.C=CC(C)(C)N=CC.CC.CC. The molecule has 0 aromatic heterocycles. The van der Waals surface area contributed by atoms with Crippen LogP contribution in [0.4, 0.5) is 0 Å². The second-order valence-corrected chi connectivity index (χ2v) is 2.25. The first-order chi connectivity index (χ1) is 5.62. The van der Waals surface area contributed by atoms with Gasteiger partial charge in [0.1, 0.15) is 0 Å². The Morgan fingerprint density at radius 1 is 1.08 bits per heavy atom. The lowest BCUT2D eigenvalue weighted by atomic mass is 10.1. The number of nitrogens with zero attached hydrogens (tertiary/aromatic N) is 1. The van der Waals surface area contributed by atoms with E-state index in [1.54, 1.807) is 6.21 Å². The van der Waals surface area contributed by atoms with Gasteiger partial charge < -0.3 is 0 Å². The summed E-state index contributed by atoms with van der Waals surface area (Å²) >= 11 is 0. The Bertz CT molecular complexity index is 102. The number of hydrogen-bond donors (Lipinski definition) is 0. The minimum absolute atomic E-state index is 0. The first-order valence-corrected chi connectivity index (χ1v) is 4.76. The molecule has 0 atom stereocenters. The maximum atomic E-state index is 4.13. The van der Waals surface area contributed by atoms with E-state index in [4.69, 9.17) is 0 Å². The van der Waals surface area contributed by atoms with Gasteiger partial charge in [0, 0.05) is 0 Å². The Balaban J connectivity index is -0.0000000712. The van der Waals surface area contributed by atoms with Gasteiger partial charge in [-0.25, -0.2) is 0 Å². The van der Waals surface area contributed by atoms with Crippen LogP contribution in [0.25, 0.3) is 0 Å². The topological polar surface area (TPSA) is 12.4 Å². The summed E-state index contributed by atoms with van der Waals surface area (Å²) in [7, 11) is 0. The van der Waals surface area contributed by atoms with Crippen molar-refractivity contribution in [2.75, 3.05) is 0 Å². The highest BCUT2D eigenvalue weighted by molar-refractivity contribution is 5.54. The van der Waals surface area contributed by atoms with Gasteiger partial charge in [-0.05, 0) is 27.0 Å². The summed E-state index contributed by atoms with van der Waals surface area (Å²) in [5, 5.41) is 0. The molecule has 0 aliphatic carbocycles. The predicted molar refractivity (Wildman–Crippen MR) is 67.9 cm³/mol. The molecule has 0 aliphatic rings. The van der Waals surface area contributed by atoms with Crippen LogP contribution < -0.4 is 0 Å². The van der Waals surface area contributed by atoms with Crippen LogP contribution in [0.3, 0.4) is 0 Å². The molecule has 0 bridgehead atoms. The highest BCUT2D eigenvalue weighted by Gasteiger charge is 2.06. The zero-order valence-corrected chi connectivity index (χ0v) is 9.81. The normalized spacial score (nSPS) is 8.54. The monoisotopic (exact) mass is 187 g/mol. The molecule has 0 aromatic rings. The molecule has 0 fully saturated rings. The van der Waals surface area contributed by atoms with Gasteiger partial charge in [0.05, 0.1) is 5.54 Å². The van der Waals surface area contributed by atoms with E-state index in [2.05, 4.69) is 11.6 Å². The largest absolute Gasteiger partial charge is 0.288 e. The summed E-state index contributed by atoms with van der Waals surface area (Å²) < 4.78 is 0. The molecule has 0 amide bonds. The first-order valence-electron chi connectivity index (χ1n) is 4.76. The maximum absolute atomic E-state index is 4.13. The number of hydrogen-bond acceptors (Lipinski definition) is 1. The Morgan fingerprint density at radius 3 is 1.46 bits per heavy atom. The van der Waals surface area contributed by atoms with Crippen LogP contribution in [-0.4, -0.2) is 11.8 Å².